The van der Waals surface area contributed by atoms with Crippen molar-refractivity contribution in [2.45, 2.75) is 13.0 Å². The molecule has 1 aromatic carbocycles. The maximum absolute atomic E-state index is 14.1. The minimum absolute atomic E-state index is 0.0250. The van der Waals surface area contributed by atoms with Gasteiger partial charge in [0.05, 0.1) is 11.3 Å². The molecule has 0 spiro atoms. The van der Waals surface area contributed by atoms with Gasteiger partial charge in [0, 0.05) is 10.0 Å². The Morgan fingerprint density at radius 2 is 2.17 bits per heavy atom. The summed E-state index contributed by atoms with van der Waals surface area (Å²) in [7, 11) is 0. The highest BCUT2D eigenvalue weighted by atomic mass is 79.9. The molecule has 0 aliphatic carbocycles. The summed E-state index contributed by atoms with van der Waals surface area (Å²) >= 11 is 9.03. The van der Waals surface area contributed by atoms with Gasteiger partial charge in [0.15, 0.2) is 0 Å². The number of nitrogens with one attached hydrogen (secondary N) is 1. The molecular formula is C12H11BrClFN2O. The number of hydrogen-bond donors (Lipinski definition) is 2. The maximum Gasteiger partial charge on any atom is 0.148 e. The molecule has 0 fully saturated rings. The summed E-state index contributed by atoms with van der Waals surface area (Å²) in [4.78, 5) is 0. The highest BCUT2D eigenvalue weighted by Crippen LogP contribution is 2.33. The van der Waals surface area contributed by atoms with Crippen molar-refractivity contribution in [3.05, 3.63) is 56.7 Å². The molecule has 1 aromatic heterocycles. The summed E-state index contributed by atoms with van der Waals surface area (Å²) in [5.74, 6) is 5.53. The standard InChI is InChI=1S/C12H11BrClFN2O/c1-6-4-5-18-12(6)11(17-16)7-2-3-8(13)9(14)10(7)15/h2-5,11,17H,16H2,1H3. The summed E-state index contributed by atoms with van der Waals surface area (Å²) in [5.41, 5.74) is 3.76. The van der Waals surface area contributed by atoms with E-state index < -0.39 is 11.9 Å². The molecule has 1 heterocycles. The number of furan rings is 1. The zero-order chi connectivity index (χ0) is 13.3. The minimum atomic E-state index is -0.578. The van der Waals surface area contributed by atoms with Gasteiger partial charge < -0.3 is 4.42 Å². The van der Waals surface area contributed by atoms with Crippen LogP contribution in [-0.4, -0.2) is 0 Å². The monoisotopic (exact) mass is 332 g/mol. The highest BCUT2D eigenvalue weighted by molar-refractivity contribution is 9.10. The van der Waals surface area contributed by atoms with Crippen molar-refractivity contribution in [2.75, 3.05) is 0 Å². The third-order valence-corrected chi connectivity index (χ3v) is 3.97. The van der Waals surface area contributed by atoms with Gasteiger partial charge in [0.25, 0.3) is 0 Å². The Morgan fingerprint density at radius 1 is 1.44 bits per heavy atom. The van der Waals surface area contributed by atoms with Crippen molar-refractivity contribution in [1.29, 1.82) is 0 Å². The van der Waals surface area contributed by atoms with Crippen molar-refractivity contribution in [3.8, 4) is 0 Å². The fourth-order valence-corrected chi connectivity index (χ4v) is 2.23. The first-order valence-electron chi connectivity index (χ1n) is 5.19. The second-order valence-electron chi connectivity index (χ2n) is 3.83. The third-order valence-electron chi connectivity index (χ3n) is 2.71. The van der Waals surface area contributed by atoms with E-state index in [1.807, 2.05) is 6.92 Å². The maximum atomic E-state index is 14.1. The van der Waals surface area contributed by atoms with Crippen LogP contribution in [0.15, 0.2) is 33.4 Å². The smallest absolute Gasteiger partial charge is 0.148 e. The van der Waals surface area contributed by atoms with Gasteiger partial charge in [-0.15, -0.1) is 0 Å². The van der Waals surface area contributed by atoms with Gasteiger partial charge in [-0.3, -0.25) is 5.84 Å². The van der Waals surface area contributed by atoms with E-state index in [1.54, 1.807) is 18.2 Å². The summed E-state index contributed by atoms with van der Waals surface area (Å²) in [6.07, 6.45) is 1.54. The van der Waals surface area contributed by atoms with Gasteiger partial charge in [-0.25, -0.2) is 9.82 Å². The first-order chi connectivity index (χ1) is 8.56. The van der Waals surface area contributed by atoms with Crippen LogP contribution in [0, 0.1) is 12.7 Å². The molecule has 1 unspecified atom stereocenters. The minimum Gasteiger partial charge on any atom is -0.467 e. The molecule has 0 bridgehead atoms. The van der Waals surface area contributed by atoms with Gasteiger partial charge in [0.1, 0.15) is 17.6 Å². The second-order valence-corrected chi connectivity index (χ2v) is 5.06. The van der Waals surface area contributed by atoms with Gasteiger partial charge >= 0.3 is 0 Å². The van der Waals surface area contributed by atoms with Crippen LogP contribution >= 0.6 is 27.5 Å². The lowest BCUT2D eigenvalue weighted by Crippen LogP contribution is -2.29. The summed E-state index contributed by atoms with van der Waals surface area (Å²) in [6.45, 7) is 1.86. The van der Waals surface area contributed by atoms with Crippen LogP contribution in [0.25, 0.3) is 0 Å². The second kappa shape index (κ2) is 5.40. The van der Waals surface area contributed by atoms with E-state index in [0.717, 1.165) is 5.56 Å². The van der Waals surface area contributed by atoms with E-state index in [2.05, 4.69) is 21.4 Å². The Hall–Kier alpha value is -0.880. The molecule has 0 amide bonds. The number of hydrogen-bond acceptors (Lipinski definition) is 3. The first kappa shape index (κ1) is 13.5. The van der Waals surface area contributed by atoms with Crippen LogP contribution in [0.4, 0.5) is 4.39 Å². The molecule has 1 atom stereocenters. The average molecular weight is 334 g/mol. The third kappa shape index (κ3) is 2.31. The van der Waals surface area contributed by atoms with Crippen molar-refractivity contribution < 1.29 is 8.81 Å². The average Bonchev–Trinajstić information content (AvgIpc) is 2.77. The normalized spacial score (nSPS) is 12.7. The van der Waals surface area contributed by atoms with Crippen molar-refractivity contribution in [1.82, 2.24) is 5.43 Å². The molecule has 2 aromatic rings. The zero-order valence-electron chi connectivity index (χ0n) is 9.51. The van der Waals surface area contributed by atoms with E-state index in [1.165, 1.54) is 6.26 Å². The summed E-state index contributed by atoms with van der Waals surface area (Å²) in [5, 5.41) is 0.0250. The number of hydrazine groups is 1. The topological polar surface area (TPSA) is 51.2 Å². The van der Waals surface area contributed by atoms with Crippen LogP contribution in [0.2, 0.25) is 5.02 Å². The highest BCUT2D eigenvalue weighted by Gasteiger charge is 2.23. The van der Waals surface area contributed by atoms with Crippen LogP contribution in [0.3, 0.4) is 0 Å². The molecule has 96 valence electrons. The van der Waals surface area contributed by atoms with E-state index >= 15 is 0 Å². The zero-order valence-corrected chi connectivity index (χ0v) is 11.8. The molecule has 3 nitrogen and oxygen atoms in total. The Bertz CT molecular complexity index is 573. The quantitative estimate of drug-likeness (QED) is 0.511. The first-order valence-corrected chi connectivity index (χ1v) is 6.37. The van der Waals surface area contributed by atoms with E-state index in [-0.39, 0.29) is 5.02 Å². The molecule has 0 saturated heterocycles. The SMILES string of the molecule is Cc1ccoc1C(NN)c1ccc(Br)c(Cl)c1F. The largest absolute Gasteiger partial charge is 0.467 e. The van der Waals surface area contributed by atoms with Crippen LogP contribution in [0.1, 0.15) is 22.9 Å². The fourth-order valence-electron chi connectivity index (χ4n) is 1.75. The van der Waals surface area contributed by atoms with Crippen molar-refractivity contribution >= 4 is 27.5 Å². The predicted molar refractivity (Wildman–Crippen MR) is 71.7 cm³/mol. The van der Waals surface area contributed by atoms with Crippen molar-refractivity contribution in [2.24, 2.45) is 5.84 Å². The molecule has 0 aliphatic heterocycles. The Morgan fingerprint density at radius 3 is 2.72 bits per heavy atom. The van der Waals surface area contributed by atoms with Gasteiger partial charge in [-0.2, -0.15) is 0 Å². The Kier molecular flexibility index (Phi) is 4.07. The number of benzene rings is 1. The lowest BCUT2D eigenvalue weighted by Gasteiger charge is -2.16. The number of aryl methyl sites for hydroxylation is 1. The molecule has 18 heavy (non-hydrogen) atoms. The molecule has 0 aliphatic rings. The lowest BCUT2D eigenvalue weighted by molar-refractivity contribution is 0.439. The molecule has 3 N–H and O–H groups in total. The van der Waals surface area contributed by atoms with Gasteiger partial charge in [0.2, 0.25) is 0 Å². The number of halogens is 3. The molecule has 2 rings (SSSR count). The molecule has 6 heteroatoms. The van der Waals surface area contributed by atoms with Crippen LogP contribution < -0.4 is 11.3 Å². The Labute approximate surface area is 117 Å². The van der Waals surface area contributed by atoms with Crippen LogP contribution in [0.5, 0.6) is 0 Å². The van der Waals surface area contributed by atoms with E-state index in [4.69, 9.17) is 21.9 Å². The predicted octanol–water partition coefficient (Wildman–Crippen LogP) is 3.70. The molecule has 0 saturated carbocycles. The van der Waals surface area contributed by atoms with Crippen molar-refractivity contribution in [3.63, 3.8) is 0 Å². The van der Waals surface area contributed by atoms with Crippen LogP contribution in [-0.2, 0) is 0 Å². The van der Waals surface area contributed by atoms with Gasteiger partial charge in [-0.05, 0) is 40.5 Å². The fraction of sp³-hybridized carbons (Fsp3) is 0.167. The lowest BCUT2D eigenvalue weighted by atomic mass is 10.0. The molecule has 0 radical (unpaired) electrons. The number of nitrogens with two attached hydrogens (primary N) is 1. The molecular weight excluding hydrogens is 322 g/mol. The summed E-state index contributed by atoms with van der Waals surface area (Å²) < 4.78 is 20.0. The van der Waals surface area contributed by atoms with Gasteiger partial charge in [-0.1, -0.05) is 17.7 Å². The van der Waals surface area contributed by atoms with E-state index in [9.17, 15) is 4.39 Å². The number of rotatable bonds is 3. The Balaban J connectivity index is 2.53. The summed E-state index contributed by atoms with van der Waals surface area (Å²) in [6, 6.07) is 4.49. The van der Waals surface area contributed by atoms with E-state index in [0.29, 0.717) is 15.8 Å².